The van der Waals surface area contributed by atoms with Gasteiger partial charge in [0.2, 0.25) is 0 Å². The van der Waals surface area contributed by atoms with Gasteiger partial charge in [-0.3, -0.25) is 9.34 Å². The van der Waals surface area contributed by atoms with Crippen molar-refractivity contribution in [2.75, 3.05) is 28.2 Å². The van der Waals surface area contributed by atoms with Crippen LogP contribution in [0.4, 0.5) is 0 Å². The van der Waals surface area contributed by atoms with Crippen molar-refractivity contribution in [3.8, 4) is 0 Å². The van der Waals surface area contributed by atoms with Crippen molar-refractivity contribution in [2.24, 2.45) is 0 Å². The van der Waals surface area contributed by atoms with Crippen LogP contribution in [0, 0.1) is 0 Å². The van der Waals surface area contributed by atoms with Crippen LogP contribution < -0.4 is 0 Å². The van der Waals surface area contributed by atoms with E-state index in [1.54, 1.807) is 0 Å². The summed E-state index contributed by atoms with van der Waals surface area (Å²) in [6.07, 6.45) is 0. The molecule has 0 unspecified atom stereocenters. The van der Waals surface area contributed by atoms with Crippen LogP contribution in [0.25, 0.3) is 5.53 Å². The van der Waals surface area contributed by atoms with E-state index in [0.29, 0.717) is 0 Å². The third-order valence-electron chi connectivity index (χ3n) is 0.975. The first-order chi connectivity index (χ1) is 4.59. The summed E-state index contributed by atoms with van der Waals surface area (Å²) in [4.78, 5) is 3.00. The Morgan fingerprint density at radius 1 is 1.20 bits per heavy atom. The van der Waals surface area contributed by atoms with Crippen LogP contribution in [0.3, 0.4) is 0 Å². The van der Waals surface area contributed by atoms with Crippen LogP contribution in [0.1, 0.15) is 0 Å². The maximum absolute atomic E-state index is 8.27. The Kier molecular flexibility index (Phi) is 4.41. The van der Waals surface area contributed by atoms with E-state index in [2.05, 4.69) is 4.79 Å². The summed E-state index contributed by atoms with van der Waals surface area (Å²) >= 11 is 0. The molecule has 0 heterocycles. The fraction of sp³-hybridized carbons (Fsp3) is 0.800. The number of hydrogen-bond acceptors (Lipinski definition) is 2. The van der Waals surface area contributed by atoms with E-state index in [9.17, 15) is 0 Å². The zero-order valence-electron chi connectivity index (χ0n) is 6.81. The molecular formula is C5H13N4P. The molecule has 0 fully saturated rings. The second kappa shape index (κ2) is 4.53. The highest BCUT2D eigenvalue weighted by Crippen LogP contribution is 2.35. The lowest BCUT2D eigenvalue weighted by molar-refractivity contribution is 0.00723. The van der Waals surface area contributed by atoms with Crippen molar-refractivity contribution in [3.05, 3.63) is 5.53 Å². The highest BCUT2D eigenvalue weighted by atomic mass is 31.1. The molecule has 0 radical (unpaired) electrons. The molecule has 0 saturated heterocycles. The van der Waals surface area contributed by atoms with Crippen LogP contribution >= 0.6 is 8.22 Å². The number of hydrogen-bond donors (Lipinski definition) is 0. The first-order valence-corrected chi connectivity index (χ1v) is 4.22. The summed E-state index contributed by atoms with van der Waals surface area (Å²) < 4.78 is 4.02. The Labute approximate surface area is 62.9 Å². The quantitative estimate of drug-likeness (QED) is 0.264. The highest BCUT2D eigenvalue weighted by molar-refractivity contribution is 7.67. The fourth-order valence-electron chi connectivity index (χ4n) is 0.611. The van der Waals surface area contributed by atoms with Gasteiger partial charge < -0.3 is 5.53 Å². The van der Waals surface area contributed by atoms with Gasteiger partial charge >= 0.3 is 5.96 Å². The van der Waals surface area contributed by atoms with E-state index in [0.717, 1.165) is 0 Å². The Morgan fingerprint density at radius 3 is 1.70 bits per heavy atom. The Bertz CT molecular complexity index is 131. The Balaban J connectivity index is 4.11. The van der Waals surface area contributed by atoms with E-state index in [1.807, 2.05) is 37.5 Å². The van der Waals surface area contributed by atoms with Crippen LogP contribution in [0.2, 0.25) is 0 Å². The first kappa shape index (κ1) is 9.73. The molecule has 0 aliphatic carbocycles. The van der Waals surface area contributed by atoms with Gasteiger partial charge in [-0.05, 0) is 28.2 Å². The zero-order valence-corrected chi connectivity index (χ0v) is 7.71. The van der Waals surface area contributed by atoms with Crippen molar-refractivity contribution < 1.29 is 4.79 Å². The summed E-state index contributed by atoms with van der Waals surface area (Å²) in [7, 11) is 7.25. The lowest BCUT2D eigenvalue weighted by Crippen LogP contribution is -2.17. The molecule has 0 atom stereocenters. The van der Waals surface area contributed by atoms with Gasteiger partial charge in [-0.15, -0.1) is 0 Å². The molecular weight excluding hydrogens is 147 g/mol. The molecule has 58 valence electrons. The van der Waals surface area contributed by atoms with Crippen LogP contribution in [-0.4, -0.2) is 48.3 Å². The molecule has 0 aliphatic rings. The van der Waals surface area contributed by atoms with Gasteiger partial charge in [-0.1, -0.05) is 0 Å². The summed E-state index contributed by atoms with van der Waals surface area (Å²) in [6.45, 7) is 0. The van der Waals surface area contributed by atoms with E-state index >= 15 is 0 Å². The van der Waals surface area contributed by atoms with Gasteiger partial charge in [-0.25, -0.2) is 0 Å². The topological polar surface area (TPSA) is 42.9 Å². The summed E-state index contributed by atoms with van der Waals surface area (Å²) in [6, 6.07) is 0. The molecule has 10 heavy (non-hydrogen) atoms. The van der Waals surface area contributed by atoms with Gasteiger partial charge in [0.15, 0.2) is 8.22 Å². The van der Waals surface area contributed by atoms with Crippen molar-refractivity contribution in [1.29, 1.82) is 0 Å². The highest BCUT2D eigenvalue weighted by Gasteiger charge is 2.14. The lowest BCUT2D eigenvalue weighted by Gasteiger charge is -2.21. The molecule has 5 heteroatoms. The molecule has 0 aromatic rings. The number of nitrogens with zero attached hydrogens (tertiary/aromatic N) is 4. The normalized spacial score (nSPS) is 10.7. The summed E-state index contributed by atoms with van der Waals surface area (Å²) in [5, 5.41) is 0. The molecule has 0 saturated carbocycles. The molecule has 0 bridgehead atoms. The summed E-state index contributed by atoms with van der Waals surface area (Å²) in [5.74, 6) is 1.54. The fourth-order valence-corrected chi connectivity index (χ4v) is 1.83. The van der Waals surface area contributed by atoms with Crippen molar-refractivity contribution >= 4 is 14.2 Å². The van der Waals surface area contributed by atoms with Crippen LogP contribution in [0.5, 0.6) is 0 Å². The minimum atomic E-state index is -0.554. The average molecular weight is 160 g/mol. The van der Waals surface area contributed by atoms with Crippen molar-refractivity contribution in [3.63, 3.8) is 0 Å². The minimum Gasteiger partial charge on any atom is -0.361 e. The first-order valence-electron chi connectivity index (χ1n) is 2.91. The molecule has 0 rings (SSSR count). The molecule has 0 aromatic heterocycles. The monoisotopic (exact) mass is 160 g/mol. The van der Waals surface area contributed by atoms with E-state index in [1.165, 1.54) is 5.96 Å². The van der Waals surface area contributed by atoms with Crippen LogP contribution in [0.15, 0.2) is 0 Å². The smallest absolute Gasteiger partial charge is 0.306 e. The Morgan fingerprint density at radius 2 is 1.60 bits per heavy atom. The van der Waals surface area contributed by atoms with Gasteiger partial charge in [0.25, 0.3) is 0 Å². The maximum Gasteiger partial charge on any atom is 0.306 e. The van der Waals surface area contributed by atoms with E-state index < -0.39 is 8.22 Å². The van der Waals surface area contributed by atoms with Gasteiger partial charge in [0.05, 0.1) is 0 Å². The standard InChI is InChI=1S/C5H13N4P/c1-8(2)10(5-7-6)9(3)4/h5H,1-4H3. The second-order valence-corrected chi connectivity index (χ2v) is 4.72. The second-order valence-electron chi connectivity index (χ2n) is 2.25. The van der Waals surface area contributed by atoms with Gasteiger partial charge in [0, 0.05) is 0 Å². The number of rotatable bonds is 3. The molecule has 0 aromatic carbocycles. The lowest BCUT2D eigenvalue weighted by atomic mass is 11.3. The molecule has 0 N–H and O–H groups in total. The third-order valence-corrected chi connectivity index (χ3v) is 2.92. The Hall–Kier alpha value is -0.270. The predicted octanol–water partition coefficient (Wildman–Crippen LogP) is 0.680. The molecule has 0 amide bonds. The van der Waals surface area contributed by atoms with E-state index in [4.69, 9.17) is 5.53 Å². The van der Waals surface area contributed by atoms with Crippen LogP contribution in [-0.2, 0) is 0 Å². The maximum atomic E-state index is 8.27. The molecule has 0 spiro atoms. The largest absolute Gasteiger partial charge is 0.361 e. The van der Waals surface area contributed by atoms with E-state index in [-0.39, 0.29) is 0 Å². The van der Waals surface area contributed by atoms with Crippen molar-refractivity contribution in [1.82, 2.24) is 9.34 Å². The predicted molar refractivity (Wildman–Crippen MR) is 44.0 cm³/mol. The molecule has 0 aliphatic heterocycles. The zero-order chi connectivity index (χ0) is 8.15. The van der Waals surface area contributed by atoms with Crippen molar-refractivity contribution in [2.45, 2.75) is 0 Å². The SMILES string of the molecule is CN(C)P(C=[N+]=[N-])N(C)C. The van der Waals surface area contributed by atoms with Gasteiger partial charge in [-0.2, -0.15) is 4.79 Å². The average Bonchev–Trinajstić information content (AvgIpc) is 1.81. The minimum absolute atomic E-state index is 0.554. The summed E-state index contributed by atoms with van der Waals surface area (Å²) in [5.41, 5.74) is 8.27. The molecule has 4 nitrogen and oxygen atoms in total. The third kappa shape index (κ3) is 3.04. The van der Waals surface area contributed by atoms with Gasteiger partial charge in [0.1, 0.15) is 0 Å².